The number of aliphatic carboxylic acids is 1. The number of hydrogen-bond acceptors (Lipinski definition) is 3. The number of piperidine rings is 1. The highest BCUT2D eigenvalue weighted by atomic mass is 16.4. The van der Waals surface area contributed by atoms with Crippen LogP contribution in [0.1, 0.15) is 34.7 Å². The zero-order chi connectivity index (χ0) is 16.1. The van der Waals surface area contributed by atoms with Gasteiger partial charge in [0, 0.05) is 19.0 Å². The number of nitrogens with zero attached hydrogens (tertiary/aromatic N) is 1. The van der Waals surface area contributed by atoms with Gasteiger partial charge in [0.25, 0.3) is 0 Å². The van der Waals surface area contributed by atoms with Crippen molar-refractivity contribution in [3.8, 4) is 0 Å². The Morgan fingerprint density at radius 1 is 1.18 bits per heavy atom. The molecule has 7 nitrogen and oxygen atoms in total. The third-order valence-electron chi connectivity index (χ3n) is 3.73. The molecule has 1 aromatic rings. The number of hydrogen-bond donors (Lipinski definition) is 3. The van der Waals surface area contributed by atoms with Crippen LogP contribution in [0.4, 0.5) is 4.79 Å². The molecule has 1 aromatic carbocycles. The van der Waals surface area contributed by atoms with E-state index in [-0.39, 0.29) is 17.5 Å². The second kappa shape index (κ2) is 6.93. The summed E-state index contributed by atoms with van der Waals surface area (Å²) in [6.07, 6.45) is 1.74. The van der Waals surface area contributed by atoms with Crippen LogP contribution in [0.5, 0.6) is 0 Å². The standard InChI is InChI=1S/C15H18N2O5/c18-13(19)8-16-15(22)17-7-1-2-12(9-17)10-3-5-11(6-4-10)14(20)21/h3-6,12H,1-2,7-9H2,(H,16,22)(H,18,19)(H,20,21)/t12-/m0/s1. The van der Waals surface area contributed by atoms with Crippen molar-refractivity contribution in [1.29, 1.82) is 0 Å². The summed E-state index contributed by atoms with van der Waals surface area (Å²) in [5.41, 5.74) is 1.22. The lowest BCUT2D eigenvalue weighted by Gasteiger charge is -2.33. The lowest BCUT2D eigenvalue weighted by molar-refractivity contribution is -0.135. The maximum atomic E-state index is 11.9. The average molecular weight is 306 g/mol. The fourth-order valence-electron chi connectivity index (χ4n) is 2.59. The fourth-order valence-corrected chi connectivity index (χ4v) is 2.59. The number of carboxylic acids is 2. The third-order valence-corrected chi connectivity index (χ3v) is 3.73. The Balaban J connectivity index is 1.99. The number of rotatable bonds is 4. The SMILES string of the molecule is O=C(O)CNC(=O)N1CCC[C@H](c2ccc(C(=O)O)cc2)C1. The van der Waals surface area contributed by atoms with E-state index < -0.39 is 18.5 Å². The number of urea groups is 1. The molecule has 7 heteroatoms. The first kappa shape index (κ1) is 15.8. The molecule has 2 rings (SSSR count). The molecule has 1 aliphatic heterocycles. The average Bonchev–Trinajstić information content (AvgIpc) is 2.52. The normalized spacial score (nSPS) is 17.8. The van der Waals surface area contributed by atoms with Crippen LogP contribution in [0.3, 0.4) is 0 Å². The van der Waals surface area contributed by atoms with Crippen LogP contribution in [0.25, 0.3) is 0 Å². The largest absolute Gasteiger partial charge is 0.480 e. The Labute approximate surface area is 127 Å². The van der Waals surface area contributed by atoms with Gasteiger partial charge in [0.2, 0.25) is 0 Å². The summed E-state index contributed by atoms with van der Waals surface area (Å²) in [4.78, 5) is 34.8. The summed E-state index contributed by atoms with van der Waals surface area (Å²) in [7, 11) is 0. The van der Waals surface area contributed by atoms with E-state index >= 15 is 0 Å². The summed E-state index contributed by atoms with van der Waals surface area (Å²) in [6.45, 7) is 0.695. The van der Waals surface area contributed by atoms with Crippen LogP contribution < -0.4 is 5.32 Å². The highest BCUT2D eigenvalue weighted by Gasteiger charge is 2.25. The number of nitrogens with one attached hydrogen (secondary N) is 1. The van der Waals surface area contributed by atoms with Crippen molar-refractivity contribution < 1.29 is 24.6 Å². The zero-order valence-electron chi connectivity index (χ0n) is 12.0. The van der Waals surface area contributed by atoms with E-state index in [1.807, 2.05) is 0 Å². The molecule has 1 fully saturated rings. The van der Waals surface area contributed by atoms with Crippen molar-refractivity contribution in [2.24, 2.45) is 0 Å². The van der Waals surface area contributed by atoms with Gasteiger partial charge in [-0.15, -0.1) is 0 Å². The molecule has 3 N–H and O–H groups in total. The molecule has 0 radical (unpaired) electrons. The molecule has 0 aromatic heterocycles. The maximum Gasteiger partial charge on any atom is 0.335 e. The van der Waals surface area contributed by atoms with E-state index in [2.05, 4.69) is 5.32 Å². The van der Waals surface area contributed by atoms with Crippen LogP contribution in [0.2, 0.25) is 0 Å². The highest BCUT2D eigenvalue weighted by molar-refractivity contribution is 5.87. The number of benzene rings is 1. The van der Waals surface area contributed by atoms with Gasteiger partial charge in [-0.25, -0.2) is 9.59 Å². The molecule has 1 atom stereocenters. The summed E-state index contributed by atoms with van der Waals surface area (Å²) in [5.74, 6) is -1.91. The van der Waals surface area contributed by atoms with Crippen molar-refractivity contribution in [1.82, 2.24) is 10.2 Å². The molecule has 0 bridgehead atoms. The van der Waals surface area contributed by atoms with Crippen LogP contribution in [0, 0.1) is 0 Å². The minimum Gasteiger partial charge on any atom is -0.480 e. The summed E-state index contributed by atoms with van der Waals surface area (Å²) < 4.78 is 0. The van der Waals surface area contributed by atoms with E-state index in [1.54, 1.807) is 29.2 Å². The number of likely N-dealkylation sites (tertiary alicyclic amines) is 1. The van der Waals surface area contributed by atoms with Gasteiger partial charge >= 0.3 is 18.0 Å². The first-order valence-electron chi connectivity index (χ1n) is 7.05. The van der Waals surface area contributed by atoms with Gasteiger partial charge in [0.15, 0.2) is 0 Å². The van der Waals surface area contributed by atoms with Gasteiger partial charge in [-0.05, 0) is 30.5 Å². The van der Waals surface area contributed by atoms with E-state index in [9.17, 15) is 14.4 Å². The second-order valence-corrected chi connectivity index (χ2v) is 5.26. The van der Waals surface area contributed by atoms with Gasteiger partial charge in [-0.3, -0.25) is 4.79 Å². The zero-order valence-corrected chi connectivity index (χ0v) is 12.0. The summed E-state index contributed by atoms with van der Waals surface area (Å²) in [5, 5.41) is 19.8. The maximum absolute atomic E-state index is 11.9. The van der Waals surface area contributed by atoms with E-state index in [0.29, 0.717) is 13.1 Å². The molecular formula is C15H18N2O5. The van der Waals surface area contributed by atoms with Crippen LogP contribution >= 0.6 is 0 Å². The third kappa shape index (κ3) is 3.97. The molecule has 0 aliphatic carbocycles. The van der Waals surface area contributed by atoms with Gasteiger partial charge in [0.1, 0.15) is 6.54 Å². The molecule has 1 saturated heterocycles. The quantitative estimate of drug-likeness (QED) is 0.778. The van der Waals surface area contributed by atoms with Crippen molar-refractivity contribution >= 4 is 18.0 Å². The second-order valence-electron chi connectivity index (χ2n) is 5.26. The van der Waals surface area contributed by atoms with Crippen molar-refractivity contribution in [3.05, 3.63) is 35.4 Å². The predicted molar refractivity (Wildman–Crippen MR) is 78.0 cm³/mol. The van der Waals surface area contributed by atoms with E-state index in [1.165, 1.54) is 0 Å². The predicted octanol–water partition coefficient (Wildman–Crippen LogP) is 1.36. The topological polar surface area (TPSA) is 107 Å². The van der Waals surface area contributed by atoms with Crippen molar-refractivity contribution in [3.63, 3.8) is 0 Å². The van der Waals surface area contributed by atoms with Gasteiger partial charge in [0.05, 0.1) is 5.56 Å². The van der Waals surface area contributed by atoms with E-state index in [0.717, 1.165) is 18.4 Å². The molecule has 2 amide bonds. The lowest BCUT2D eigenvalue weighted by Crippen LogP contribution is -2.46. The molecule has 0 saturated carbocycles. The van der Waals surface area contributed by atoms with Gasteiger partial charge < -0.3 is 20.4 Å². The molecular weight excluding hydrogens is 288 g/mol. The Hall–Kier alpha value is -2.57. The number of amides is 2. The van der Waals surface area contributed by atoms with Crippen LogP contribution in [0.15, 0.2) is 24.3 Å². The fraction of sp³-hybridized carbons (Fsp3) is 0.400. The van der Waals surface area contributed by atoms with Crippen molar-refractivity contribution in [2.45, 2.75) is 18.8 Å². The first-order valence-corrected chi connectivity index (χ1v) is 7.05. The summed E-state index contributed by atoms with van der Waals surface area (Å²) in [6, 6.07) is 6.27. The van der Waals surface area contributed by atoms with Crippen molar-refractivity contribution in [2.75, 3.05) is 19.6 Å². The van der Waals surface area contributed by atoms with E-state index in [4.69, 9.17) is 10.2 Å². The minimum absolute atomic E-state index is 0.132. The minimum atomic E-state index is -1.08. The highest BCUT2D eigenvalue weighted by Crippen LogP contribution is 2.27. The monoisotopic (exact) mass is 306 g/mol. The number of carbonyl (C=O) groups is 3. The Kier molecular flexibility index (Phi) is 4.98. The molecule has 0 spiro atoms. The molecule has 1 aliphatic rings. The molecule has 1 heterocycles. The Morgan fingerprint density at radius 2 is 1.86 bits per heavy atom. The van der Waals surface area contributed by atoms with Crippen LogP contribution in [-0.4, -0.2) is 52.7 Å². The Morgan fingerprint density at radius 3 is 2.45 bits per heavy atom. The van der Waals surface area contributed by atoms with Gasteiger partial charge in [-0.1, -0.05) is 12.1 Å². The summed E-state index contributed by atoms with van der Waals surface area (Å²) >= 11 is 0. The Bertz CT molecular complexity index is 570. The number of carboxylic acid groups (broad SMARTS) is 2. The molecule has 22 heavy (non-hydrogen) atoms. The number of carbonyl (C=O) groups excluding carboxylic acids is 1. The van der Waals surface area contributed by atoms with Crippen LogP contribution in [-0.2, 0) is 4.79 Å². The number of aromatic carboxylic acids is 1. The smallest absolute Gasteiger partial charge is 0.335 e. The first-order chi connectivity index (χ1) is 10.5. The molecule has 0 unspecified atom stereocenters. The van der Waals surface area contributed by atoms with Gasteiger partial charge in [-0.2, -0.15) is 0 Å². The lowest BCUT2D eigenvalue weighted by atomic mass is 9.90. The molecule has 118 valence electrons.